The van der Waals surface area contributed by atoms with Gasteiger partial charge in [-0.3, -0.25) is 0 Å². The molecule has 0 aliphatic carbocycles. The van der Waals surface area contributed by atoms with Crippen molar-refractivity contribution in [1.29, 1.82) is 0 Å². The fourth-order valence-corrected chi connectivity index (χ4v) is 6.85. The van der Waals surface area contributed by atoms with Crippen LogP contribution in [0.2, 0.25) is 0 Å². The van der Waals surface area contributed by atoms with Crippen LogP contribution in [0.3, 0.4) is 0 Å². The molecule has 156 valence electrons. The van der Waals surface area contributed by atoms with E-state index >= 15 is 0 Å². The maximum atomic E-state index is 13.0. The summed E-state index contributed by atoms with van der Waals surface area (Å²) in [6.45, 7) is 14.7. The molecule has 2 heterocycles. The molecule has 0 bridgehead atoms. The molecule has 2 unspecified atom stereocenters. The molecule has 27 heavy (non-hydrogen) atoms. The van der Waals surface area contributed by atoms with Crippen LogP contribution in [-0.2, 0) is 23.2 Å². The summed E-state index contributed by atoms with van der Waals surface area (Å²) in [5.41, 5.74) is 0. The van der Waals surface area contributed by atoms with Gasteiger partial charge in [0.2, 0.25) is 0 Å². The van der Waals surface area contributed by atoms with Gasteiger partial charge >= 0.3 is 160 Å². The Morgan fingerprint density at radius 2 is 1.26 bits per heavy atom. The molecule has 2 N–H and O–H groups in total. The van der Waals surface area contributed by atoms with Crippen LogP contribution in [0.4, 0.5) is 4.79 Å². The molecular formula is C17H32N3O6P. The molecule has 0 aromatic rings. The molecule has 0 aromatic heterocycles. The standard InChI is InChI=1S/C17H32N3O6P/c1-9(2)13-15(21)24-27(18-13,19-14(10(3)4)16(22)25-27)26-17(23)20(11(5)6)12(7)8/h9-14,18-19H,1-8H3. The second-order valence-electron chi connectivity index (χ2n) is 8.36. The molecule has 1 spiro atoms. The van der Waals surface area contributed by atoms with Crippen LogP contribution in [0.15, 0.2) is 0 Å². The second kappa shape index (κ2) is 7.18. The van der Waals surface area contributed by atoms with Crippen LogP contribution in [-0.4, -0.2) is 47.1 Å². The number of nitrogens with one attached hydrogen (secondary N) is 2. The Morgan fingerprint density at radius 1 is 0.889 bits per heavy atom. The predicted molar refractivity (Wildman–Crippen MR) is 101 cm³/mol. The molecule has 2 atom stereocenters. The van der Waals surface area contributed by atoms with Crippen molar-refractivity contribution in [2.24, 2.45) is 11.8 Å². The molecule has 2 aliphatic heterocycles. The Bertz CT molecular complexity index is 592. The van der Waals surface area contributed by atoms with E-state index in [4.69, 9.17) is 13.6 Å². The van der Waals surface area contributed by atoms with Crippen molar-refractivity contribution in [2.45, 2.75) is 79.6 Å². The summed E-state index contributed by atoms with van der Waals surface area (Å²) in [7, 11) is -4.70. The zero-order valence-corrected chi connectivity index (χ0v) is 18.2. The average molecular weight is 405 g/mol. The monoisotopic (exact) mass is 405 g/mol. The third kappa shape index (κ3) is 3.91. The van der Waals surface area contributed by atoms with Gasteiger partial charge in [-0.1, -0.05) is 0 Å². The number of carbonyl (C=O) groups is 3. The molecule has 2 aliphatic rings. The van der Waals surface area contributed by atoms with Gasteiger partial charge in [-0.2, -0.15) is 0 Å². The van der Waals surface area contributed by atoms with Crippen LogP contribution < -0.4 is 10.2 Å². The Labute approximate surface area is 160 Å². The van der Waals surface area contributed by atoms with E-state index < -0.39 is 37.7 Å². The van der Waals surface area contributed by atoms with Crippen LogP contribution in [0.25, 0.3) is 0 Å². The van der Waals surface area contributed by atoms with Crippen LogP contribution in [0.1, 0.15) is 55.4 Å². The van der Waals surface area contributed by atoms with E-state index in [1.165, 1.54) is 4.90 Å². The number of carbonyl (C=O) groups excluding carboxylic acids is 3. The molecule has 1 amide bonds. The average Bonchev–Trinajstić information content (AvgIpc) is 2.93. The summed E-state index contributed by atoms with van der Waals surface area (Å²) in [5.74, 6) is -1.52. The van der Waals surface area contributed by atoms with Gasteiger partial charge in [-0.15, -0.1) is 0 Å². The summed E-state index contributed by atoms with van der Waals surface area (Å²) in [5, 5.41) is 5.89. The summed E-state index contributed by atoms with van der Waals surface area (Å²) in [6.07, 6.45) is -0.716. The fraction of sp³-hybridized carbons (Fsp3) is 0.824. The molecule has 9 nitrogen and oxygen atoms in total. The van der Waals surface area contributed by atoms with Crippen molar-refractivity contribution in [3.05, 3.63) is 0 Å². The van der Waals surface area contributed by atoms with Gasteiger partial charge in [-0.05, 0) is 0 Å². The van der Waals surface area contributed by atoms with Crippen molar-refractivity contribution < 1.29 is 28.0 Å². The normalized spacial score (nSPS) is 27.8. The molecule has 0 saturated carbocycles. The van der Waals surface area contributed by atoms with Crippen LogP contribution in [0.5, 0.6) is 0 Å². The predicted octanol–water partition coefficient (Wildman–Crippen LogP) is 2.71. The molecule has 0 radical (unpaired) electrons. The minimum absolute atomic E-state index is 0.150. The fourth-order valence-electron chi connectivity index (χ4n) is 3.33. The quantitative estimate of drug-likeness (QED) is 0.673. The SMILES string of the molecule is CC(C)C1NP2(OC(=O)N(C(C)C)C(C)C)(NC(C(C)C)C(=O)O2)OC1=O. The van der Waals surface area contributed by atoms with Crippen molar-refractivity contribution in [3.8, 4) is 0 Å². The van der Waals surface area contributed by atoms with E-state index in [-0.39, 0.29) is 23.9 Å². The van der Waals surface area contributed by atoms with Gasteiger partial charge in [0, 0.05) is 0 Å². The van der Waals surface area contributed by atoms with Gasteiger partial charge in [0.1, 0.15) is 0 Å². The Hall–Kier alpha value is -1.44. The van der Waals surface area contributed by atoms with E-state index in [1.54, 1.807) is 0 Å². The summed E-state index contributed by atoms with van der Waals surface area (Å²) < 4.78 is 16.9. The molecule has 2 rings (SSSR count). The number of nitrogens with zero attached hydrogens (tertiary/aromatic N) is 1. The summed E-state index contributed by atoms with van der Waals surface area (Å²) in [4.78, 5) is 39.5. The maximum absolute atomic E-state index is 13.0. The van der Waals surface area contributed by atoms with Gasteiger partial charge < -0.3 is 0 Å². The van der Waals surface area contributed by atoms with Gasteiger partial charge in [0.25, 0.3) is 0 Å². The Kier molecular flexibility index (Phi) is 5.82. The van der Waals surface area contributed by atoms with E-state index in [1.807, 2.05) is 55.4 Å². The first-order valence-corrected chi connectivity index (χ1v) is 11.4. The zero-order valence-electron chi connectivity index (χ0n) is 17.3. The Morgan fingerprint density at radius 3 is 1.52 bits per heavy atom. The van der Waals surface area contributed by atoms with Crippen LogP contribution in [0, 0.1) is 11.8 Å². The van der Waals surface area contributed by atoms with Gasteiger partial charge in [0.15, 0.2) is 0 Å². The number of amides is 1. The third-order valence-corrected chi connectivity index (χ3v) is 7.60. The van der Waals surface area contributed by atoms with Crippen LogP contribution >= 0.6 is 7.59 Å². The Balaban J connectivity index is 2.46. The first-order chi connectivity index (χ1) is 12.3. The van der Waals surface area contributed by atoms with Crippen molar-refractivity contribution in [1.82, 2.24) is 15.1 Å². The topological polar surface area (TPSA) is 106 Å². The number of rotatable bonds is 5. The summed E-state index contributed by atoms with van der Waals surface area (Å²) in [6, 6.07) is -1.83. The zero-order chi connectivity index (χ0) is 20.8. The summed E-state index contributed by atoms with van der Waals surface area (Å²) >= 11 is 0. The molecular weight excluding hydrogens is 373 g/mol. The van der Waals surface area contributed by atoms with Crippen molar-refractivity contribution >= 4 is 25.6 Å². The molecule has 2 fully saturated rings. The van der Waals surface area contributed by atoms with Crippen molar-refractivity contribution in [2.75, 3.05) is 0 Å². The van der Waals surface area contributed by atoms with Gasteiger partial charge in [0.05, 0.1) is 0 Å². The molecule has 10 heteroatoms. The molecule has 0 aromatic carbocycles. The minimum atomic E-state index is -4.70. The van der Waals surface area contributed by atoms with E-state index in [9.17, 15) is 14.4 Å². The van der Waals surface area contributed by atoms with Gasteiger partial charge in [-0.25, -0.2) is 0 Å². The van der Waals surface area contributed by atoms with Crippen molar-refractivity contribution in [3.63, 3.8) is 0 Å². The molecule has 2 saturated heterocycles. The second-order valence-corrected chi connectivity index (χ2v) is 11.2. The third-order valence-electron chi connectivity index (χ3n) is 4.64. The van der Waals surface area contributed by atoms with E-state index in [2.05, 4.69) is 10.2 Å². The van der Waals surface area contributed by atoms with E-state index in [0.717, 1.165) is 0 Å². The number of hydrogen-bond donors (Lipinski definition) is 2. The van der Waals surface area contributed by atoms with E-state index in [0.29, 0.717) is 0 Å². The first-order valence-electron chi connectivity index (χ1n) is 9.40. The first kappa shape index (κ1) is 21.9. The number of hydrogen-bond acceptors (Lipinski definition) is 8.